The van der Waals surface area contributed by atoms with Crippen molar-refractivity contribution >= 4 is 6.03 Å². The highest BCUT2D eigenvalue weighted by Gasteiger charge is 2.11. The van der Waals surface area contributed by atoms with Gasteiger partial charge in [-0.3, -0.25) is 0 Å². The third-order valence-electron chi connectivity index (χ3n) is 2.92. The van der Waals surface area contributed by atoms with Gasteiger partial charge in [0, 0.05) is 20.0 Å². The summed E-state index contributed by atoms with van der Waals surface area (Å²) in [7, 11) is 1.69. The molecule has 0 saturated heterocycles. The Morgan fingerprint density at radius 3 is 2.78 bits per heavy atom. The van der Waals surface area contributed by atoms with Gasteiger partial charge in [0.05, 0.1) is 13.2 Å². The molecular formula is C13H18N2O3. The highest BCUT2D eigenvalue weighted by molar-refractivity contribution is 5.71. The Morgan fingerprint density at radius 1 is 1.33 bits per heavy atom. The number of hydrogen-bond acceptors (Lipinski definition) is 3. The number of nitrogens with two attached hydrogens (primary N) is 1. The van der Waals surface area contributed by atoms with Crippen LogP contribution in [-0.2, 0) is 6.42 Å². The molecule has 0 aliphatic carbocycles. The van der Waals surface area contributed by atoms with Gasteiger partial charge in [-0.2, -0.15) is 0 Å². The minimum Gasteiger partial charge on any atom is -0.490 e. The van der Waals surface area contributed by atoms with Crippen LogP contribution in [0.5, 0.6) is 11.5 Å². The average Bonchev–Trinajstić information content (AvgIpc) is 2.60. The van der Waals surface area contributed by atoms with Crippen LogP contribution in [-0.4, -0.2) is 37.7 Å². The van der Waals surface area contributed by atoms with Crippen molar-refractivity contribution < 1.29 is 14.3 Å². The normalized spacial score (nSPS) is 13.8. The lowest BCUT2D eigenvalue weighted by molar-refractivity contribution is 0.219. The number of amides is 2. The molecule has 1 aromatic rings. The number of hydrogen-bond donors (Lipinski definition) is 1. The van der Waals surface area contributed by atoms with Crippen molar-refractivity contribution in [3.63, 3.8) is 0 Å². The van der Waals surface area contributed by atoms with Crippen LogP contribution in [0, 0.1) is 0 Å². The molecular weight excluding hydrogens is 232 g/mol. The predicted octanol–water partition coefficient (Wildman–Crippen LogP) is 1.40. The first-order valence-electron chi connectivity index (χ1n) is 6.06. The third-order valence-corrected chi connectivity index (χ3v) is 2.92. The molecule has 0 saturated carbocycles. The molecule has 2 amide bonds. The highest BCUT2D eigenvalue weighted by atomic mass is 16.5. The molecule has 1 aliphatic heterocycles. The number of carbonyl (C=O) groups excluding carboxylic acids is 1. The molecule has 1 heterocycles. The van der Waals surface area contributed by atoms with E-state index in [0.717, 1.165) is 29.9 Å². The van der Waals surface area contributed by atoms with Crippen LogP contribution in [0.3, 0.4) is 0 Å². The van der Waals surface area contributed by atoms with E-state index >= 15 is 0 Å². The summed E-state index contributed by atoms with van der Waals surface area (Å²) >= 11 is 0. The second kappa shape index (κ2) is 5.62. The second-order valence-corrected chi connectivity index (χ2v) is 4.34. The van der Waals surface area contributed by atoms with E-state index in [2.05, 4.69) is 0 Å². The number of primary amides is 1. The Balaban J connectivity index is 2.02. The van der Waals surface area contributed by atoms with Gasteiger partial charge >= 0.3 is 6.03 Å². The van der Waals surface area contributed by atoms with Gasteiger partial charge in [-0.05, 0) is 24.1 Å². The SMILES string of the molecule is CN(CCc1ccc2c(c1)OCCCO2)C(N)=O. The largest absolute Gasteiger partial charge is 0.490 e. The maximum Gasteiger partial charge on any atom is 0.314 e. The molecule has 18 heavy (non-hydrogen) atoms. The summed E-state index contributed by atoms with van der Waals surface area (Å²) in [5.74, 6) is 1.58. The first kappa shape index (κ1) is 12.5. The Bertz CT molecular complexity index is 434. The van der Waals surface area contributed by atoms with E-state index < -0.39 is 6.03 Å². The Kier molecular flexibility index (Phi) is 3.92. The van der Waals surface area contributed by atoms with Gasteiger partial charge < -0.3 is 20.1 Å². The zero-order valence-corrected chi connectivity index (χ0v) is 10.5. The Labute approximate surface area is 106 Å². The summed E-state index contributed by atoms with van der Waals surface area (Å²) < 4.78 is 11.2. The van der Waals surface area contributed by atoms with Gasteiger partial charge in [0.2, 0.25) is 0 Å². The topological polar surface area (TPSA) is 64.8 Å². The zero-order valence-electron chi connectivity index (χ0n) is 10.5. The van der Waals surface area contributed by atoms with E-state index in [4.69, 9.17) is 15.2 Å². The Morgan fingerprint density at radius 2 is 2.06 bits per heavy atom. The van der Waals surface area contributed by atoms with Crippen molar-refractivity contribution in [2.24, 2.45) is 5.73 Å². The van der Waals surface area contributed by atoms with Crippen molar-refractivity contribution in [1.82, 2.24) is 4.90 Å². The molecule has 0 bridgehead atoms. The smallest absolute Gasteiger partial charge is 0.314 e. The van der Waals surface area contributed by atoms with Crippen LogP contribution < -0.4 is 15.2 Å². The van der Waals surface area contributed by atoms with Gasteiger partial charge in [-0.15, -0.1) is 0 Å². The monoisotopic (exact) mass is 250 g/mol. The average molecular weight is 250 g/mol. The number of carbonyl (C=O) groups is 1. The van der Waals surface area contributed by atoms with Crippen LogP contribution in [0.25, 0.3) is 0 Å². The fourth-order valence-electron chi connectivity index (χ4n) is 1.77. The Hall–Kier alpha value is -1.91. The second-order valence-electron chi connectivity index (χ2n) is 4.34. The zero-order chi connectivity index (χ0) is 13.0. The molecule has 2 N–H and O–H groups in total. The number of ether oxygens (including phenoxy) is 2. The van der Waals surface area contributed by atoms with Gasteiger partial charge in [-0.1, -0.05) is 6.07 Å². The molecule has 0 spiro atoms. The molecule has 5 nitrogen and oxygen atoms in total. The maximum absolute atomic E-state index is 10.9. The van der Waals surface area contributed by atoms with E-state index in [0.29, 0.717) is 19.8 Å². The number of fused-ring (bicyclic) bond motifs is 1. The summed E-state index contributed by atoms with van der Waals surface area (Å²) in [6, 6.07) is 5.46. The van der Waals surface area contributed by atoms with Gasteiger partial charge in [-0.25, -0.2) is 4.79 Å². The summed E-state index contributed by atoms with van der Waals surface area (Å²) in [6.45, 7) is 1.96. The first-order valence-corrected chi connectivity index (χ1v) is 6.06. The summed E-state index contributed by atoms with van der Waals surface area (Å²) in [5, 5.41) is 0. The number of benzene rings is 1. The van der Waals surface area contributed by atoms with Crippen LogP contribution in [0.15, 0.2) is 18.2 Å². The fraction of sp³-hybridized carbons (Fsp3) is 0.462. The van der Waals surface area contributed by atoms with Crippen LogP contribution in [0.1, 0.15) is 12.0 Å². The van der Waals surface area contributed by atoms with Crippen molar-refractivity contribution in [1.29, 1.82) is 0 Å². The van der Waals surface area contributed by atoms with Crippen LogP contribution in [0.4, 0.5) is 4.79 Å². The lowest BCUT2D eigenvalue weighted by atomic mass is 10.1. The molecule has 0 fully saturated rings. The van der Waals surface area contributed by atoms with E-state index in [1.54, 1.807) is 7.05 Å². The number of nitrogens with zero attached hydrogens (tertiary/aromatic N) is 1. The van der Waals surface area contributed by atoms with E-state index in [1.807, 2.05) is 18.2 Å². The van der Waals surface area contributed by atoms with Gasteiger partial charge in [0.25, 0.3) is 0 Å². The third kappa shape index (κ3) is 3.06. The summed E-state index contributed by atoms with van der Waals surface area (Å²) in [5.41, 5.74) is 6.28. The van der Waals surface area contributed by atoms with Crippen molar-refractivity contribution in [2.45, 2.75) is 12.8 Å². The summed E-state index contributed by atoms with van der Waals surface area (Å²) in [6.07, 6.45) is 1.64. The van der Waals surface area contributed by atoms with Crippen LogP contribution >= 0.6 is 0 Å². The molecule has 1 aromatic carbocycles. The molecule has 0 unspecified atom stereocenters. The molecule has 0 radical (unpaired) electrons. The van der Waals surface area contributed by atoms with Gasteiger partial charge in [0.1, 0.15) is 0 Å². The van der Waals surface area contributed by atoms with Crippen molar-refractivity contribution in [2.75, 3.05) is 26.8 Å². The molecule has 0 atom stereocenters. The first-order chi connectivity index (χ1) is 8.66. The standard InChI is InChI=1S/C13H18N2O3/c1-15(13(14)16)6-5-10-3-4-11-12(9-10)18-8-2-7-17-11/h3-4,9H,2,5-8H2,1H3,(H2,14,16). The minimum absolute atomic E-state index is 0.413. The van der Waals surface area contributed by atoms with Crippen molar-refractivity contribution in [3.05, 3.63) is 23.8 Å². The van der Waals surface area contributed by atoms with Crippen molar-refractivity contribution in [3.8, 4) is 11.5 Å². The lowest BCUT2D eigenvalue weighted by Gasteiger charge is -2.14. The minimum atomic E-state index is -0.413. The predicted molar refractivity (Wildman–Crippen MR) is 68.0 cm³/mol. The number of urea groups is 1. The van der Waals surface area contributed by atoms with E-state index in [1.165, 1.54) is 4.90 Å². The molecule has 0 aromatic heterocycles. The van der Waals surface area contributed by atoms with E-state index in [9.17, 15) is 4.79 Å². The van der Waals surface area contributed by atoms with E-state index in [-0.39, 0.29) is 0 Å². The molecule has 5 heteroatoms. The quantitative estimate of drug-likeness (QED) is 0.882. The lowest BCUT2D eigenvalue weighted by Crippen LogP contribution is -2.33. The molecule has 98 valence electrons. The molecule has 2 rings (SSSR count). The maximum atomic E-state index is 10.9. The fourth-order valence-corrected chi connectivity index (χ4v) is 1.77. The van der Waals surface area contributed by atoms with Crippen LogP contribution in [0.2, 0.25) is 0 Å². The highest BCUT2D eigenvalue weighted by Crippen LogP contribution is 2.30. The number of likely N-dealkylation sites (N-methyl/N-ethyl adjacent to an activating group) is 1. The van der Waals surface area contributed by atoms with Gasteiger partial charge in [0.15, 0.2) is 11.5 Å². The molecule has 1 aliphatic rings. The number of rotatable bonds is 3. The summed E-state index contributed by atoms with van der Waals surface area (Å²) in [4.78, 5) is 12.4.